The van der Waals surface area contributed by atoms with E-state index in [-0.39, 0.29) is 6.09 Å². The van der Waals surface area contributed by atoms with Crippen molar-refractivity contribution >= 4 is 34.6 Å². The molecule has 1 aromatic carbocycles. The monoisotopic (exact) mass is 490 g/mol. The van der Waals surface area contributed by atoms with Crippen molar-refractivity contribution in [2.45, 2.75) is 46.6 Å². The minimum absolute atomic E-state index is 0.272. The van der Waals surface area contributed by atoms with Crippen molar-refractivity contribution in [1.29, 1.82) is 0 Å². The Hall–Kier alpha value is -2.42. The molecule has 9 heteroatoms. The standard InChI is InChI=1S/C25H38N4O4S/c1-18(2)16-34-13-7-12-32-22-15-20-19(14-21(22)31-6)23(27-17-26-20)28-8-10-29(11-9-28)24(30)33-25(3,4)5/h14-15,17-18H,7-13,16H2,1-6H3. The maximum atomic E-state index is 12.4. The number of ether oxygens (including phenoxy) is 3. The predicted octanol–water partition coefficient (Wildman–Crippen LogP) is 4.85. The second-order valence-electron chi connectivity index (χ2n) is 9.84. The summed E-state index contributed by atoms with van der Waals surface area (Å²) in [5, 5.41) is 0.907. The highest BCUT2D eigenvalue weighted by atomic mass is 32.2. The number of hydrogen-bond acceptors (Lipinski definition) is 8. The molecule has 8 nitrogen and oxygen atoms in total. The van der Waals surface area contributed by atoms with Gasteiger partial charge in [-0.2, -0.15) is 11.8 Å². The molecule has 0 bridgehead atoms. The van der Waals surface area contributed by atoms with Crippen LogP contribution in [-0.4, -0.2) is 78.0 Å². The van der Waals surface area contributed by atoms with E-state index in [4.69, 9.17) is 14.2 Å². The normalized spacial score (nSPS) is 14.6. The highest BCUT2D eigenvalue weighted by Gasteiger charge is 2.27. The van der Waals surface area contributed by atoms with Gasteiger partial charge in [-0.25, -0.2) is 14.8 Å². The molecule has 1 aromatic heterocycles. The van der Waals surface area contributed by atoms with E-state index in [9.17, 15) is 4.79 Å². The first-order chi connectivity index (χ1) is 16.2. The molecule has 3 rings (SSSR count). The minimum Gasteiger partial charge on any atom is -0.493 e. The van der Waals surface area contributed by atoms with Crippen LogP contribution in [0.1, 0.15) is 41.0 Å². The molecule has 0 atom stereocenters. The summed E-state index contributed by atoms with van der Waals surface area (Å²) in [5.74, 6) is 5.17. The predicted molar refractivity (Wildman–Crippen MR) is 138 cm³/mol. The summed E-state index contributed by atoms with van der Waals surface area (Å²) in [6, 6.07) is 3.88. The quantitative estimate of drug-likeness (QED) is 0.462. The van der Waals surface area contributed by atoms with Crippen LogP contribution in [0, 0.1) is 5.92 Å². The third kappa shape index (κ3) is 7.29. The molecule has 0 saturated carbocycles. The van der Waals surface area contributed by atoms with E-state index in [0.29, 0.717) is 50.2 Å². The number of amides is 1. The third-order valence-corrected chi connectivity index (χ3v) is 6.75. The van der Waals surface area contributed by atoms with Gasteiger partial charge in [0.05, 0.1) is 19.2 Å². The van der Waals surface area contributed by atoms with E-state index < -0.39 is 5.60 Å². The van der Waals surface area contributed by atoms with Gasteiger partial charge in [-0.05, 0) is 50.7 Å². The average molecular weight is 491 g/mol. The van der Waals surface area contributed by atoms with Gasteiger partial charge in [-0.3, -0.25) is 0 Å². The number of aromatic nitrogens is 2. The number of carbonyl (C=O) groups excluding carboxylic acids is 1. The third-order valence-electron chi connectivity index (χ3n) is 5.27. The molecule has 34 heavy (non-hydrogen) atoms. The van der Waals surface area contributed by atoms with Gasteiger partial charge >= 0.3 is 6.09 Å². The topological polar surface area (TPSA) is 77.0 Å². The first-order valence-corrected chi connectivity index (χ1v) is 13.1. The number of thioether (sulfide) groups is 1. The fourth-order valence-corrected chi connectivity index (χ4v) is 4.62. The van der Waals surface area contributed by atoms with Crippen LogP contribution in [0.3, 0.4) is 0 Å². The summed E-state index contributed by atoms with van der Waals surface area (Å²) in [7, 11) is 1.65. The molecule has 0 spiro atoms. The maximum Gasteiger partial charge on any atom is 0.410 e. The number of piperazine rings is 1. The minimum atomic E-state index is -0.500. The van der Waals surface area contributed by atoms with Crippen LogP contribution in [-0.2, 0) is 4.74 Å². The second-order valence-corrected chi connectivity index (χ2v) is 11.0. The molecule has 1 saturated heterocycles. The highest BCUT2D eigenvalue weighted by molar-refractivity contribution is 7.99. The summed E-state index contributed by atoms with van der Waals surface area (Å²) in [6.07, 6.45) is 2.29. The van der Waals surface area contributed by atoms with Crippen molar-refractivity contribution < 1.29 is 19.0 Å². The van der Waals surface area contributed by atoms with Gasteiger partial charge in [-0.15, -0.1) is 0 Å². The van der Waals surface area contributed by atoms with E-state index in [1.807, 2.05) is 44.7 Å². The number of nitrogens with zero attached hydrogens (tertiary/aromatic N) is 4. The smallest absolute Gasteiger partial charge is 0.410 e. The van der Waals surface area contributed by atoms with Crippen molar-refractivity contribution in [3.05, 3.63) is 18.5 Å². The number of rotatable bonds is 9. The second kappa shape index (κ2) is 11.8. The van der Waals surface area contributed by atoms with Gasteiger partial charge in [0.25, 0.3) is 0 Å². The molecule has 1 amide bonds. The van der Waals surface area contributed by atoms with Crippen molar-refractivity contribution in [2.24, 2.45) is 5.92 Å². The van der Waals surface area contributed by atoms with Crippen molar-refractivity contribution in [3.8, 4) is 11.5 Å². The molecular weight excluding hydrogens is 452 g/mol. The van der Waals surface area contributed by atoms with Crippen molar-refractivity contribution in [3.63, 3.8) is 0 Å². The Bertz CT molecular complexity index is 956. The maximum absolute atomic E-state index is 12.4. The Morgan fingerprint density at radius 3 is 2.50 bits per heavy atom. The number of hydrogen-bond donors (Lipinski definition) is 0. The van der Waals surface area contributed by atoms with Crippen molar-refractivity contribution in [1.82, 2.24) is 14.9 Å². The molecule has 2 aromatic rings. The number of fused-ring (bicyclic) bond motifs is 1. The van der Waals surface area contributed by atoms with Crippen LogP contribution < -0.4 is 14.4 Å². The zero-order valence-electron chi connectivity index (χ0n) is 21.3. The lowest BCUT2D eigenvalue weighted by atomic mass is 10.2. The lowest BCUT2D eigenvalue weighted by Gasteiger charge is -2.36. The van der Waals surface area contributed by atoms with Gasteiger partial charge in [-0.1, -0.05) is 13.8 Å². The number of benzene rings is 1. The van der Waals surface area contributed by atoms with Crippen LogP contribution in [0.25, 0.3) is 10.9 Å². The summed E-state index contributed by atoms with van der Waals surface area (Å²) in [6.45, 7) is 13.2. The molecule has 1 aliphatic heterocycles. The Balaban J connectivity index is 1.66. The molecule has 0 radical (unpaired) electrons. The Morgan fingerprint density at radius 1 is 1.12 bits per heavy atom. The summed E-state index contributed by atoms with van der Waals surface area (Å²) in [5.41, 5.74) is 0.310. The summed E-state index contributed by atoms with van der Waals surface area (Å²) in [4.78, 5) is 25.3. The Labute approximate surface area is 207 Å². The van der Waals surface area contributed by atoms with Crippen LogP contribution in [0.15, 0.2) is 18.5 Å². The van der Waals surface area contributed by atoms with Crippen LogP contribution in [0.5, 0.6) is 11.5 Å². The van der Waals surface area contributed by atoms with Crippen LogP contribution >= 0.6 is 11.8 Å². The van der Waals surface area contributed by atoms with Gasteiger partial charge in [0.1, 0.15) is 17.7 Å². The van der Waals surface area contributed by atoms with E-state index in [1.165, 1.54) is 5.75 Å². The number of methoxy groups -OCH3 is 1. The SMILES string of the molecule is COc1cc2c(N3CCN(C(=O)OC(C)(C)C)CC3)ncnc2cc1OCCCSCC(C)C. The zero-order chi connectivity index (χ0) is 24.7. The molecule has 0 aliphatic carbocycles. The van der Waals surface area contributed by atoms with Gasteiger partial charge in [0.15, 0.2) is 11.5 Å². The lowest BCUT2D eigenvalue weighted by molar-refractivity contribution is 0.0240. The number of carbonyl (C=O) groups is 1. The Morgan fingerprint density at radius 2 is 1.85 bits per heavy atom. The summed E-state index contributed by atoms with van der Waals surface area (Å²) >= 11 is 1.96. The highest BCUT2D eigenvalue weighted by Crippen LogP contribution is 2.35. The van der Waals surface area contributed by atoms with E-state index in [1.54, 1.807) is 18.3 Å². The van der Waals surface area contributed by atoms with Gasteiger partial charge in [0, 0.05) is 37.6 Å². The molecule has 2 heterocycles. The van der Waals surface area contributed by atoms with Crippen molar-refractivity contribution in [2.75, 3.05) is 56.3 Å². The molecular formula is C25H38N4O4S. The first kappa shape index (κ1) is 26.2. The number of anilines is 1. The van der Waals surface area contributed by atoms with E-state index in [0.717, 1.165) is 28.9 Å². The average Bonchev–Trinajstić information content (AvgIpc) is 2.79. The van der Waals surface area contributed by atoms with E-state index in [2.05, 4.69) is 28.7 Å². The molecule has 188 valence electrons. The van der Waals surface area contributed by atoms with Gasteiger partial charge < -0.3 is 24.0 Å². The molecule has 0 unspecified atom stereocenters. The Kier molecular flexibility index (Phi) is 9.10. The molecule has 1 aliphatic rings. The van der Waals surface area contributed by atoms with Crippen LogP contribution in [0.4, 0.5) is 10.6 Å². The van der Waals surface area contributed by atoms with Gasteiger partial charge in [0.2, 0.25) is 0 Å². The fraction of sp³-hybridized carbons (Fsp3) is 0.640. The zero-order valence-corrected chi connectivity index (χ0v) is 22.1. The van der Waals surface area contributed by atoms with Crippen LogP contribution in [0.2, 0.25) is 0 Å². The van der Waals surface area contributed by atoms with E-state index >= 15 is 0 Å². The first-order valence-electron chi connectivity index (χ1n) is 11.9. The molecule has 1 fully saturated rings. The fourth-order valence-electron chi connectivity index (χ4n) is 3.66. The molecule has 0 N–H and O–H groups in total. The summed E-state index contributed by atoms with van der Waals surface area (Å²) < 4.78 is 17.2. The largest absolute Gasteiger partial charge is 0.493 e. The lowest BCUT2D eigenvalue weighted by Crippen LogP contribution is -2.50.